The summed E-state index contributed by atoms with van der Waals surface area (Å²) in [5.41, 5.74) is 1.22. The van der Waals surface area contributed by atoms with Crippen molar-refractivity contribution in [1.29, 1.82) is 0 Å². The molecule has 0 aliphatic heterocycles. The van der Waals surface area contributed by atoms with Crippen LogP contribution in [0.3, 0.4) is 0 Å². The number of aliphatic hydroxyl groups is 1. The van der Waals surface area contributed by atoms with Gasteiger partial charge >= 0.3 is 0 Å². The zero-order chi connectivity index (χ0) is 9.97. The van der Waals surface area contributed by atoms with Gasteiger partial charge in [0, 0.05) is 13.2 Å². The number of hydrogen-bond acceptors (Lipinski definition) is 4. The zero-order valence-corrected chi connectivity index (χ0v) is 7.70. The Kier molecular flexibility index (Phi) is 2.24. The number of aromatic nitrogens is 4. The van der Waals surface area contributed by atoms with Crippen LogP contribution in [-0.4, -0.2) is 25.1 Å². The summed E-state index contributed by atoms with van der Waals surface area (Å²) in [5, 5.41) is 17.3. The molecule has 2 aromatic heterocycles. The van der Waals surface area contributed by atoms with E-state index in [2.05, 4.69) is 15.3 Å². The Labute approximate surface area is 81.0 Å². The highest BCUT2D eigenvalue weighted by Gasteiger charge is 2.15. The van der Waals surface area contributed by atoms with E-state index in [-0.39, 0.29) is 0 Å². The normalized spacial score (nSPS) is 12.7. The maximum Gasteiger partial charge on any atom is 0.139 e. The second kappa shape index (κ2) is 3.55. The van der Waals surface area contributed by atoms with E-state index in [4.69, 9.17) is 0 Å². The average molecular weight is 190 g/mol. The molecule has 0 amide bonds. The van der Waals surface area contributed by atoms with E-state index in [0.717, 1.165) is 0 Å². The monoisotopic (exact) mass is 190 g/mol. The van der Waals surface area contributed by atoms with Crippen molar-refractivity contribution in [2.75, 3.05) is 0 Å². The lowest BCUT2D eigenvalue weighted by Crippen LogP contribution is -2.07. The lowest BCUT2D eigenvalue weighted by molar-refractivity contribution is 0.205. The van der Waals surface area contributed by atoms with Gasteiger partial charge < -0.3 is 5.11 Å². The predicted octanol–water partition coefficient (Wildman–Crippen LogP) is 0.292. The van der Waals surface area contributed by atoms with E-state index in [1.54, 1.807) is 25.4 Å². The molecule has 1 N–H and O–H groups in total. The molecular weight excluding hydrogens is 180 g/mol. The fourth-order valence-corrected chi connectivity index (χ4v) is 1.23. The lowest BCUT2D eigenvalue weighted by Gasteiger charge is -2.08. The molecule has 0 radical (unpaired) electrons. The highest BCUT2D eigenvalue weighted by molar-refractivity contribution is 5.16. The first-order chi connectivity index (χ1) is 6.79. The van der Waals surface area contributed by atoms with Gasteiger partial charge in [-0.15, -0.1) is 5.10 Å². The minimum Gasteiger partial charge on any atom is -0.380 e. The predicted molar refractivity (Wildman–Crippen MR) is 49.3 cm³/mol. The highest BCUT2D eigenvalue weighted by Crippen LogP contribution is 2.17. The molecule has 0 saturated carbocycles. The van der Waals surface area contributed by atoms with E-state index < -0.39 is 6.10 Å². The molecule has 1 atom stereocenters. The molecule has 72 valence electrons. The van der Waals surface area contributed by atoms with Gasteiger partial charge in [-0.1, -0.05) is 11.3 Å². The summed E-state index contributed by atoms with van der Waals surface area (Å²) >= 11 is 0. The summed E-state index contributed by atoms with van der Waals surface area (Å²) in [7, 11) is 1.73. The number of aliphatic hydroxyl groups excluding tert-OH is 1. The number of hydrogen-bond donors (Lipinski definition) is 1. The third kappa shape index (κ3) is 1.49. The summed E-state index contributed by atoms with van der Waals surface area (Å²) in [6.07, 6.45) is 2.40. The van der Waals surface area contributed by atoms with Crippen LogP contribution in [0.5, 0.6) is 0 Å². The fourth-order valence-electron chi connectivity index (χ4n) is 1.23. The van der Waals surface area contributed by atoms with Crippen LogP contribution in [0.25, 0.3) is 0 Å². The van der Waals surface area contributed by atoms with Crippen LogP contribution >= 0.6 is 0 Å². The maximum atomic E-state index is 9.90. The molecule has 0 fully saturated rings. The summed E-state index contributed by atoms with van der Waals surface area (Å²) in [5.74, 6) is 0. The minimum atomic E-state index is -0.767. The molecule has 1 unspecified atom stereocenters. The van der Waals surface area contributed by atoms with E-state index in [0.29, 0.717) is 11.4 Å². The van der Waals surface area contributed by atoms with Crippen molar-refractivity contribution in [2.24, 2.45) is 7.05 Å². The Hall–Kier alpha value is -1.75. The van der Waals surface area contributed by atoms with Crippen LogP contribution in [0.1, 0.15) is 17.5 Å². The quantitative estimate of drug-likeness (QED) is 0.739. The van der Waals surface area contributed by atoms with Crippen molar-refractivity contribution in [3.05, 3.63) is 42.0 Å². The van der Waals surface area contributed by atoms with Gasteiger partial charge in [0.2, 0.25) is 0 Å². The van der Waals surface area contributed by atoms with Crippen molar-refractivity contribution in [3.8, 4) is 0 Å². The Bertz CT molecular complexity index is 412. The first-order valence-electron chi connectivity index (χ1n) is 4.22. The van der Waals surface area contributed by atoms with Crippen LogP contribution < -0.4 is 0 Å². The van der Waals surface area contributed by atoms with Crippen LogP contribution in [0, 0.1) is 0 Å². The molecule has 0 bridgehead atoms. The molecule has 5 heteroatoms. The number of nitrogens with zero attached hydrogens (tertiary/aromatic N) is 4. The average Bonchev–Trinajstić information content (AvgIpc) is 2.65. The van der Waals surface area contributed by atoms with Crippen molar-refractivity contribution in [3.63, 3.8) is 0 Å². The Morgan fingerprint density at radius 2 is 2.29 bits per heavy atom. The zero-order valence-electron chi connectivity index (χ0n) is 7.70. The second-order valence-electron chi connectivity index (χ2n) is 2.94. The number of pyridine rings is 1. The standard InChI is InChI=1S/C9H10N4O/c1-13-8(6-11-12-13)9(14)7-4-2-3-5-10-7/h2-6,9,14H,1H3. The topological polar surface area (TPSA) is 63.8 Å². The minimum absolute atomic E-state index is 0.595. The van der Waals surface area contributed by atoms with Crippen LogP contribution in [0.4, 0.5) is 0 Å². The number of aryl methyl sites for hydroxylation is 1. The molecule has 2 rings (SSSR count). The first-order valence-corrected chi connectivity index (χ1v) is 4.22. The highest BCUT2D eigenvalue weighted by atomic mass is 16.3. The summed E-state index contributed by atoms with van der Waals surface area (Å²) in [6.45, 7) is 0. The SMILES string of the molecule is Cn1nncc1C(O)c1ccccn1. The van der Waals surface area contributed by atoms with E-state index in [1.807, 2.05) is 6.07 Å². The van der Waals surface area contributed by atoms with Crippen molar-refractivity contribution in [2.45, 2.75) is 6.10 Å². The van der Waals surface area contributed by atoms with Crippen molar-refractivity contribution >= 4 is 0 Å². The summed E-state index contributed by atoms with van der Waals surface area (Å²) in [4.78, 5) is 4.06. The molecule has 0 spiro atoms. The first kappa shape index (κ1) is 8.83. The summed E-state index contributed by atoms with van der Waals surface area (Å²) < 4.78 is 1.53. The largest absolute Gasteiger partial charge is 0.380 e. The molecule has 5 nitrogen and oxygen atoms in total. The molecular formula is C9H10N4O. The third-order valence-corrected chi connectivity index (χ3v) is 2.00. The molecule has 14 heavy (non-hydrogen) atoms. The van der Waals surface area contributed by atoms with Crippen molar-refractivity contribution < 1.29 is 5.11 Å². The van der Waals surface area contributed by atoms with Gasteiger partial charge in [0.1, 0.15) is 6.10 Å². The van der Waals surface area contributed by atoms with Gasteiger partial charge in [-0.3, -0.25) is 4.98 Å². The van der Waals surface area contributed by atoms with Gasteiger partial charge in [-0.2, -0.15) is 0 Å². The molecule has 0 aliphatic carbocycles. The van der Waals surface area contributed by atoms with E-state index >= 15 is 0 Å². The Morgan fingerprint density at radius 3 is 2.86 bits per heavy atom. The van der Waals surface area contributed by atoms with Gasteiger partial charge in [0.05, 0.1) is 17.6 Å². The smallest absolute Gasteiger partial charge is 0.139 e. The van der Waals surface area contributed by atoms with Crippen LogP contribution in [-0.2, 0) is 7.05 Å². The number of rotatable bonds is 2. The van der Waals surface area contributed by atoms with E-state index in [1.165, 1.54) is 10.9 Å². The third-order valence-electron chi connectivity index (χ3n) is 2.00. The Morgan fingerprint density at radius 1 is 1.43 bits per heavy atom. The van der Waals surface area contributed by atoms with E-state index in [9.17, 15) is 5.11 Å². The molecule has 0 saturated heterocycles. The van der Waals surface area contributed by atoms with Crippen LogP contribution in [0.15, 0.2) is 30.6 Å². The molecule has 0 aromatic carbocycles. The summed E-state index contributed by atoms with van der Waals surface area (Å²) in [6, 6.07) is 5.39. The maximum absolute atomic E-state index is 9.90. The lowest BCUT2D eigenvalue weighted by atomic mass is 10.2. The van der Waals surface area contributed by atoms with Gasteiger partial charge in [-0.25, -0.2) is 4.68 Å². The Balaban J connectivity index is 2.34. The van der Waals surface area contributed by atoms with Crippen LogP contribution in [0.2, 0.25) is 0 Å². The van der Waals surface area contributed by atoms with Gasteiger partial charge in [0.25, 0.3) is 0 Å². The molecule has 2 heterocycles. The van der Waals surface area contributed by atoms with Gasteiger partial charge in [0.15, 0.2) is 0 Å². The van der Waals surface area contributed by atoms with Gasteiger partial charge in [-0.05, 0) is 12.1 Å². The second-order valence-corrected chi connectivity index (χ2v) is 2.94. The fraction of sp³-hybridized carbons (Fsp3) is 0.222. The van der Waals surface area contributed by atoms with Crippen molar-refractivity contribution in [1.82, 2.24) is 20.0 Å². The molecule has 0 aliphatic rings. The molecule has 2 aromatic rings.